The number of esters is 2. The molecular weight excluding hydrogens is 316 g/mol. The average molecular weight is 340 g/mol. The first-order chi connectivity index (χ1) is 11.5. The van der Waals surface area contributed by atoms with Gasteiger partial charge in [0.05, 0.1) is 5.92 Å². The summed E-state index contributed by atoms with van der Waals surface area (Å²) in [5.74, 6) is -1.84. The molecule has 7 heteroatoms. The zero-order chi connectivity index (χ0) is 16.9. The first-order valence-corrected chi connectivity index (χ1v) is 8.95. The highest BCUT2D eigenvalue weighted by Gasteiger charge is 2.65. The lowest BCUT2D eigenvalue weighted by molar-refractivity contribution is -0.246. The fraction of sp³-hybridized carbons (Fsp3) is 0.882. The Kier molecular flexibility index (Phi) is 4.05. The predicted molar refractivity (Wildman–Crippen MR) is 79.7 cm³/mol. The molecule has 3 aliphatic heterocycles. The summed E-state index contributed by atoms with van der Waals surface area (Å²) < 4.78 is 28.8. The molecule has 4 fully saturated rings. The Bertz CT molecular complexity index is 527. The molecule has 24 heavy (non-hydrogen) atoms. The van der Waals surface area contributed by atoms with Gasteiger partial charge < -0.3 is 23.7 Å². The summed E-state index contributed by atoms with van der Waals surface area (Å²) in [6.45, 7) is 3.66. The third-order valence-corrected chi connectivity index (χ3v) is 5.55. The maximum Gasteiger partial charge on any atom is 0.350 e. The summed E-state index contributed by atoms with van der Waals surface area (Å²) in [5.41, 5.74) is 0. The molecule has 3 heterocycles. The summed E-state index contributed by atoms with van der Waals surface area (Å²) >= 11 is 0. The van der Waals surface area contributed by atoms with Gasteiger partial charge in [0.25, 0.3) is 0 Å². The van der Waals surface area contributed by atoms with Gasteiger partial charge in [0.15, 0.2) is 24.3 Å². The van der Waals surface area contributed by atoms with Crippen molar-refractivity contribution < 1.29 is 33.3 Å². The van der Waals surface area contributed by atoms with Crippen LogP contribution in [-0.4, -0.2) is 48.4 Å². The molecule has 0 aromatic heterocycles. The van der Waals surface area contributed by atoms with Gasteiger partial charge in [0.2, 0.25) is 6.10 Å². The number of fused-ring (bicyclic) bond motifs is 3. The Labute approximate surface area is 140 Å². The molecule has 3 saturated heterocycles. The minimum absolute atomic E-state index is 0.268. The smallest absolute Gasteiger partial charge is 0.350 e. The summed E-state index contributed by atoms with van der Waals surface area (Å²) in [6.07, 6.45) is 2.36. The monoisotopic (exact) mass is 340 g/mol. The first-order valence-electron chi connectivity index (χ1n) is 8.95. The van der Waals surface area contributed by atoms with E-state index in [4.69, 9.17) is 23.7 Å². The lowest BCUT2D eigenvalue weighted by Crippen LogP contribution is -2.40. The Morgan fingerprint density at radius 1 is 1.21 bits per heavy atom. The lowest BCUT2D eigenvalue weighted by Gasteiger charge is -2.33. The van der Waals surface area contributed by atoms with Gasteiger partial charge >= 0.3 is 11.9 Å². The van der Waals surface area contributed by atoms with Crippen LogP contribution in [0.15, 0.2) is 0 Å². The van der Waals surface area contributed by atoms with Crippen LogP contribution >= 0.6 is 0 Å². The van der Waals surface area contributed by atoms with Crippen molar-refractivity contribution in [1.82, 2.24) is 0 Å². The van der Waals surface area contributed by atoms with E-state index < -0.39 is 48.4 Å². The van der Waals surface area contributed by atoms with Crippen molar-refractivity contribution in [2.45, 2.75) is 88.9 Å². The molecule has 134 valence electrons. The molecule has 1 spiro atoms. The SMILES string of the molecule is CCC(C)C(=O)O[C@@H]1C(=O)O[C@@H]2[C@H]3OC4(CCCCC4)O[C@H]3O[C@@H]21. The van der Waals surface area contributed by atoms with Crippen LogP contribution in [-0.2, 0) is 33.3 Å². The Morgan fingerprint density at radius 2 is 1.96 bits per heavy atom. The van der Waals surface area contributed by atoms with Gasteiger partial charge in [-0.05, 0) is 19.3 Å². The van der Waals surface area contributed by atoms with Crippen LogP contribution in [0.4, 0.5) is 0 Å². The van der Waals surface area contributed by atoms with E-state index in [0.717, 1.165) is 25.7 Å². The van der Waals surface area contributed by atoms with Gasteiger partial charge in [-0.2, -0.15) is 0 Å². The standard InChI is InChI=1S/C17H24O7/c1-3-9(2)14(18)21-12-10-11(20-15(12)19)13-16(22-10)24-17(23-13)7-5-4-6-8-17/h9-13,16H,3-8H2,1-2H3/t9?,10-,11-,12-,13+,16+/m0/s1. The molecule has 1 saturated carbocycles. The van der Waals surface area contributed by atoms with Crippen molar-refractivity contribution in [2.24, 2.45) is 5.92 Å². The van der Waals surface area contributed by atoms with E-state index in [2.05, 4.69) is 0 Å². The third-order valence-electron chi connectivity index (χ3n) is 5.55. The molecule has 0 N–H and O–H groups in total. The van der Waals surface area contributed by atoms with E-state index in [-0.39, 0.29) is 5.92 Å². The number of ether oxygens (including phenoxy) is 5. The normalized spacial score (nSPS) is 40.9. The number of carbonyl (C=O) groups excluding carboxylic acids is 2. The van der Waals surface area contributed by atoms with Gasteiger partial charge in [-0.15, -0.1) is 0 Å². The fourth-order valence-electron chi connectivity index (χ4n) is 3.92. The Morgan fingerprint density at radius 3 is 2.67 bits per heavy atom. The molecule has 0 bridgehead atoms. The van der Waals surface area contributed by atoms with E-state index in [1.54, 1.807) is 6.92 Å². The Balaban J connectivity index is 1.44. The summed E-state index contributed by atoms with van der Waals surface area (Å²) in [4.78, 5) is 24.1. The predicted octanol–water partition coefficient (Wildman–Crippen LogP) is 1.67. The van der Waals surface area contributed by atoms with E-state index >= 15 is 0 Å². The maximum absolute atomic E-state index is 12.1. The van der Waals surface area contributed by atoms with Crippen molar-refractivity contribution in [3.05, 3.63) is 0 Å². The van der Waals surface area contributed by atoms with E-state index in [0.29, 0.717) is 6.42 Å². The van der Waals surface area contributed by atoms with Gasteiger partial charge in [-0.25, -0.2) is 4.79 Å². The van der Waals surface area contributed by atoms with Crippen molar-refractivity contribution >= 4 is 11.9 Å². The second-order valence-corrected chi connectivity index (χ2v) is 7.21. The van der Waals surface area contributed by atoms with Crippen molar-refractivity contribution in [3.63, 3.8) is 0 Å². The number of hydrogen-bond donors (Lipinski definition) is 0. The minimum Gasteiger partial charge on any atom is -0.454 e. The molecule has 6 atom stereocenters. The van der Waals surface area contributed by atoms with E-state index in [1.807, 2.05) is 6.92 Å². The van der Waals surface area contributed by atoms with E-state index in [1.165, 1.54) is 6.42 Å². The molecule has 0 aromatic carbocycles. The summed E-state index contributed by atoms with van der Waals surface area (Å²) in [5, 5.41) is 0. The van der Waals surface area contributed by atoms with Gasteiger partial charge in [-0.3, -0.25) is 4.79 Å². The van der Waals surface area contributed by atoms with Gasteiger partial charge in [-0.1, -0.05) is 20.3 Å². The minimum atomic E-state index is -1.03. The highest BCUT2D eigenvalue weighted by atomic mass is 16.9. The van der Waals surface area contributed by atoms with Crippen molar-refractivity contribution in [2.75, 3.05) is 0 Å². The molecule has 0 radical (unpaired) electrons. The number of carbonyl (C=O) groups is 2. The Hall–Kier alpha value is -1.18. The van der Waals surface area contributed by atoms with Crippen LogP contribution in [0.1, 0.15) is 52.4 Å². The number of hydrogen-bond acceptors (Lipinski definition) is 7. The van der Waals surface area contributed by atoms with Crippen LogP contribution in [0.5, 0.6) is 0 Å². The topological polar surface area (TPSA) is 80.3 Å². The third kappa shape index (κ3) is 2.53. The quantitative estimate of drug-likeness (QED) is 0.723. The molecule has 4 rings (SSSR count). The van der Waals surface area contributed by atoms with Crippen molar-refractivity contribution in [1.29, 1.82) is 0 Å². The van der Waals surface area contributed by atoms with Gasteiger partial charge in [0, 0.05) is 12.8 Å². The van der Waals surface area contributed by atoms with Crippen LogP contribution in [0.2, 0.25) is 0 Å². The maximum atomic E-state index is 12.1. The van der Waals surface area contributed by atoms with E-state index in [9.17, 15) is 9.59 Å². The lowest BCUT2D eigenvalue weighted by atomic mass is 9.94. The molecule has 1 unspecified atom stereocenters. The highest BCUT2D eigenvalue weighted by molar-refractivity contribution is 5.82. The molecular formula is C17H24O7. The fourth-order valence-corrected chi connectivity index (χ4v) is 3.92. The van der Waals surface area contributed by atoms with Crippen LogP contribution in [0, 0.1) is 5.92 Å². The second kappa shape index (κ2) is 5.97. The molecule has 4 aliphatic rings. The largest absolute Gasteiger partial charge is 0.454 e. The van der Waals surface area contributed by atoms with Crippen LogP contribution in [0.25, 0.3) is 0 Å². The summed E-state index contributed by atoms with van der Waals surface area (Å²) in [6, 6.07) is 0. The van der Waals surface area contributed by atoms with Crippen molar-refractivity contribution in [3.8, 4) is 0 Å². The van der Waals surface area contributed by atoms with Crippen LogP contribution in [0.3, 0.4) is 0 Å². The second-order valence-electron chi connectivity index (χ2n) is 7.21. The first kappa shape index (κ1) is 16.3. The number of rotatable bonds is 3. The average Bonchev–Trinajstić information content (AvgIpc) is 3.17. The van der Waals surface area contributed by atoms with Gasteiger partial charge in [0.1, 0.15) is 6.10 Å². The molecule has 0 amide bonds. The molecule has 1 aliphatic carbocycles. The summed E-state index contributed by atoms with van der Waals surface area (Å²) in [7, 11) is 0. The zero-order valence-corrected chi connectivity index (χ0v) is 14.1. The highest BCUT2D eigenvalue weighted by Crippen LogP contribution is 2.48. The molecule has 0 aromatic rings. The van der Waals surface area contributed by atoms with Crippen LogP contribution < -0.4 is 0 Å². The zero-order valence-electron chi connectivity index (χ0n) is 14.1. The molecule has 7 nitrogen and oxygen atoms in total.